The molecule has 6 nitrogen and oxygen atoms in total. The predicted molar refractivity (Wildman–Crippen MR) is 87.2 cm³/mol. The van der Waals surface area contributed by atoms with Gasteiger partial charge in [-0.2, -0.15) is 5.26 Å². The minimum absolute atomic E-state index is 0.165. The summed E-state index contributed by atoms with van der Waals surface area (Å²) >= 11 is 0. The van der Waals surface area contributed by atoms with E-state index in [0.717, 1.165) is 19.3 Å². The van der Waals surface area contributed by atoms with E-state index in [1.165, 1.54) is 0 Å². The fourth-order valence-corrected chi connectivity index (χ4v) is 2.94. The van der Waals surface area contributed by atoms with Crippen molar-refractivity contribution < 1.29 is 19.1 Å². The average molecular weight is 330 g/mol. The second-order valence-electron chi connectivity index (χ2n) is 6.02. The number of esters is 1. The van der Waals surface area contributed by atoms with Gasteiger partial charge >= 0.3 is 5.97 Å². The van der Waals surface area contributed by atoms with Crippen LogP contribution in [0.1, 0.15) is 38.7 Å². The Labute approximate surface area is 142 Å². The summed E-state index contributed by atoms with van der Waals surface area (Å²) < 4.78 is 10.3. The number of nitrogens with zero attached hydrogens (tertiary/aromatic N) is 2. The molecule has 1 amide bonds. The van der Waals surface area contributed by atoms with Crippen LogP contribution in [0.15, 0.2) is 24.3 Å². The van der Waals surface area contributed by atoms with E-state index in [2.05, 4.69) is 0 Å². The molecule has 1 fully saturated rings. The fraction of sp³-hybridized carbons (Fsp3) is 0.500. The number of likely N-dealkylation sites (tertiary alicyclic amines) is 1. The molecule has 128 valence electrons. The maximum Gasteiger partial charge on any atom is 0.344 e. The van der Waals surface area contributed by atoms with Gasteiger partial charge in [0, 0.05) is 12.1 Å². The Balaban J connectivity index is 1.76. The van der Waals surface area contributed by atoms with Crippen LogP contribution in [-0.4, -0.2) is 42.1 Å². The number of hydrogen-bond acceptors (Lipinski definition) is 5. The van der Waals surface area contributed by atoms with Crippen molar-refractivity contribution in [1.29, 1.82) is 5.26 Å². The summed E-state index contributed by atoms with van der Waals surface area (Å²) in [4.78, 5) is 25.8. The SMILES string of the molecule is C[C@H]1CCC[C@H](C)N1C(=O)COC(=O)COc1ccc(C#N)cc1. The molecular formula is C18H22N2O4. The Morgan fingerprint density at radius 3 is 2.38 bits per heavy atom. The van der Waals surface area contributed by atoms with E-state index in [1.54, 1.807) is 29.2 Å². The third-order valence-electron chi connectivity index (χ3n) is 4.18. The zero-order valence-corrected chi connectivity index (χ0v) is 14.0. The summed E-state index contributed by atoms with van der Waals surface area (Å²) in [5.74, 6) is -0.290. The smallest absolute Gasteiger partial charge is 0.344 e. The number of ether oxygens (including phenoxy) is 2. The normalized spacial score (nSPS) is 20.1. The molecule has 1 aliphatic rings. The number of rotatable bonds is 5. The lowest BCUT2D eigenvalue weighted by atomic mass is 9.97. The third kappa shape index (κ3) is 4.72. The van der Waals surface area contributed by atoms with E-state index in [-0.39, 0.29) is 31.2 Å². The summed E-state index contributed by atoms with van der Waals surface area (Å²) in [6, 6.07) is 8.76. The van der Waals surface area contributed by atoms with Gasteiger partial charge in [0.15, 0.2) is 13.2 Å². The molecular weight excluding hydrogens is 308 g/mol. The topological polar surface area (TPSA) is 79.6 Å². The summed E-state index contributed by atoms with van der Waals surface area (Å²) in [5.41, 5.74) is 0.514. The third-order valence-corrected chi connectivity index (χ3v) is 4.18. The largest absolute Gasteiger partial charge is 0.482 e. The lowest BCUT2D eigenvalue weighted by molar-refractivity contribution is -0.156. The maximum absolute atomic E-state index is 12.2. The van der Waals surface area contributed by atoms with Crippen molar-refractivity contribution in [3.63, 3.8) is 0 Å². The van der Waals surface area contributed by atoms with Gasteiger partial charge in [0.05, 0.1) is 11.6 Å². The lowest BCUT2D eigenvalue weighted by Crippen LogP contribution is -2.49. The molecule has 1 aromatic rings. The van der Waals surface area contributed by atoms with Crippen LogP contribution >= 0.6 is 0 Å². The zero-order chi connectivity index (χ0) is 17.5. The van der Waals surface area contributed by atoms with Crippen molar-refractivity contribution in [2.75, 3.05) is 13.2 Å². The van der Waals surface area contributed by atoms with Crippen LogP contribution < -0.4 is 4.74 Å². The van der Waals surface area contributed by atoms with Gasteiger partial charge in [-0.05, 0) is 57.4 Å². The van der Waals surface area contributed by atoms with Crippen molar-refractivity contribution in [3.8, 4) is 11.8 Å². The van der Waals surface area contributed by atoms with E-state index >= 15 is 0 Å². The highest BCUT2D eigenvalue weighted by Crippen LogP contribution is 2.22. The minimum atomic E-state index is -0.593. The predicted octanol–water partition coefficient (Wildman–Crippen LogP) is 2.27. The molecule has 1 saturated heterocycles. The average Bonchev–Trinajstić information content (AvgIpc) is 2.58. The van der Waals surface area contributed by atoms with E-state index in [4.69, 9.17) is 14.7 Å². The molecule has 0 unspecified atom stereocenters. The van der Waals surface area contributed by atoms with Crippen LogP contribution in [0.4, 0.5) is 0 Å². The number of carbonyl (C=O) groups is 2. The quantitative estimate of drug-likeness (QED) is 0.774. The molecule has 0 bridgehead atoms. The van der Waals surface area contributed by atoms with E-state index in [1.807, 2.05) is 19.9 Å². The first kappa shape index (κ1) is 17.8. The van der Waals surface area contributed by atoms with Crippen LogP contribution in [0.25, 0.3) is 0 Å². The van der Waals surface area contributed by atoms with Crippen LogP contribution in [0, 0.1) is 11.3 Å². The van der Waals surface area contributed by atoms with Gasteiger partial charge in [0.2, 0.25) is 0 Å². The fourth-order valence-electron chi connectivity index (χ4n) is 2.94. The molecule has 1 aliphatic heterocycles. The Morgan fingerprint density at radius 2 is 1.79 bits per heavy atom. The second kappa shape index (κ2) is 8.34. The number of hydrogen-bond donors (Lipinski definition) is 0. The molecule has 0 saturated carbocycles. The Morgan fingerprint density at radius 1 is 1.17 bits per heavy atom. The van der Waals surface area contributed by atoms with Gasteiger partial charge in [0.25, 0.3) is 5.91 Å². The van der Waals surface area contributed by atoms with Crippen molar-refractivity contribution in [2.45, 2.75) is 45.2 Å². The highest BCUT2D eigenvalue weighted by molar-refractivity contribution is 5.81. The van der Waals surface area contributed by atoms with Gasteiger partial charge in [0.1, 0.15) is 5.75 Å². The van der Waals surface area contributed by atoms with E-state index in [9.17, 15) is 9.59 Å². The number of piperidine rings is 1. The number of nitriles is 1. The van der Waals surface area contributed by atoms with E-state index in [0.29, 0.717) is 11.3 Å². The van der Waals surface area contributed by atoms with Crippen LogP contribution in [0.3, 0.4) is 0 Å². The van der Waals surface area contributed by atoms with E-state index < -0.39 is 5.97 Å². The molecule has 0 spiro atoms. The molecule has 2 rings (SSSR count). The van der Waals surface area contributed by atoms with Gasteiger partial charge < -0.3 is 14.4 Å². The minimum Gasteiger partial charge on any atom is -0.482 e. The van der Waals surface area contributed by atoms with Crippen molar-refractivity contribution in [2.24, 2.45) is 0 Å². The van der Waals surface area contributed by atoms with Gasteiger partial charge in [-0.15, -0.1) is 0 Å². The van der Waals surface area contributed by atoms with Crippen molar-refractivity contribution in [1.82, 2.24) is 4.90 Å². The van der Waals surface area contributed by atoms with Gasteiger partial charge in [-0.25, -0.2) is 4.79 Å². The monoisotopic (exact) mass is 330 g/mol. The number of carbonyl (C=O) groups excluding carboxylic acids is 2. The molecule has 0 aromatic heterocycles. The molecule has 1 heterocycles. The van der Waals surface area contributed by atoms with Crippen LogP contribution in [0.2, 0.25) is 0 Å². The van der Waals surface area contributed by atoms with Crippen molar-refractivity contribution >= 4 is 11.9 Å². The number of benzene rings is 1. The van der Waals surface area contributed by atoms with Crippen molar-refractivity contribution in [3.05, 3.63) is 29.8 Å². The zero-order valence-electron chi connectivity index (χ0n) is 14.0. The Kier molecular flexibility index (Phi) is 6.19. The first-order valence-electron chi connectivity index (χ1n) is 8.11. The second-order valence-corrected chi connectivity index (χ2v) is 6.02. The summed E-state index contributed by atoms with van der Waals surface area (Å²) in [7, 11) is 0. The molecule has 24 heavy (non-hydrogen) atoms. The molecule has 2 atom stereocenters. The summed E-state index contributed by atoms with van der Waals surface area (Å²) in [6.45, 7) is 3.50. The number of amides is 1. The van der Waals surface area contributed by atoms with Crippen LogP contribution in [0.5, 0.6) is 5.75 Å². The Bertz CT molecular complexity index is 611. The first-order valence-corrected chi connectivity index (χ1v) is 8.11. The molecule has 0 aliphatic carbocycles. The summed E-state index contributed by atoms with van der Waals surface area (Å²) in [5, 5.41) is 8.71. The Hall–Kier alpha value is -2.55. The summed E-state index contributed by atoms with van der Waals surface area (Å²) in [6.07, 6.45) is 3.07. The highest BCUT2D eigenvalue weighted by Gasteiger charge is 2.29. The maximum atomic E-state index is 12.2. The molecule has 0 radical (unpaired) electrons. The molecule has 1 aromatic carbocycles. The standard InChI is InChI=1S/C18H22N2O4/c1-13-4-3-5-14(2)20(13)17(21)11-24-18(22)12-23-16-8-6-15(10-19)7-9-16/h6-9,13-14H,3-5,11-12H2,1-2H3/t13-,14-/m0/s1. The highest BCUT2D eigenvalue weighted by atomic mass is 16.6. The van der Waals surface area contributed by atoms with Gasteiger partial charge in [-0.1, -0.05) is 0 Å². The molecule has 6 heteroatoms. The molecule has 0 N–H and O–H groups in total. The first-order chi connectivity index (χ1) is 11.5. The van der Waals surface area contributed by atoms with Gasteiger partial charge in [-0.3, -0.25) is 4.79 Å². The van der Waals surface area contributed by atoms with Crippen LogP contribution in [-0.2, 0) is 14.3 Å². The lowest BCUT2D eigenvalue weighted by Gasteiger charge is -2.38.